The number of thiazole rings is 1. The maximum absolute atomic E-state index is 13.1. The molecule has 1 amide bonds. The van der Waals surface area contributed by atoms with Crippen LogP contribution in [0.15, 0.2) is 29.0 Å². The minimum Gasteiger partial charge on any atom is -0.461 e. The lowest BCUT2D eigenvalue weighted by molar-refractivity contribution is 0.0526. The largest absolute Gasteiger partial charge is 0.461 e. The van der Waals surface area contributed by atoms with Crippen LogP contribution in [0.3, 0.4) is 0 Å². The first-order chi connectivity index (χ1) is 15.6. The van der Waals surface area contributed by atoms with Gasteiger partial charge in [-0.1, -0.05) is 25.3 Å². The van der Waals surface area contributed by atoms with Crippen LogP contribution >= 0.6 is 22.7 Å². The number of carbonyl (C=O) groups is 2. The normalized spacial score (nSPS) is 14.4. The molecular weight excluding hydrogens is 442 g/mol. The molecule has 32 heavy (non-hydrogen) atoms. The van der Waals surface area contributed by atoms with Crippen LogP contribution in [0.25, 0.3) is 11.4 Å². The summed E-state index contributed by atoms with van der Waals surface area (Å²) in [6, 6.07) is 6.02. The topological polar surface area (TPSA) is 73.2 Å². The number of esters is 1. The third-order valence-corrected chi connectivity index (χ3v) is 7.68. The Morgan fingerprint density at radius 2 is 2.06 bits per heavy atom. The quantitative estimate of drug-likeness (QED) is 0.439. The van der Waals surface area contributed by atoms with Gasteiger partial charge in [-0.05, 0) is 50.1 Å². The SMILES string of the molecule is CCOC(=O)c1nc(-c2cc(C(=O)NCC3CCCCC3)c(C)n2Cc2cccs2)cs1. The van der Waals surface area contributed by atoms with E-state index in [9.17, 15) is 9.59 Å². The molecule has 3 aromatic rings. The molecule has 170 valence electrons. The maximum Gasteiger partial charge on any atom is 0.367 e. The second kappa shape index (κ2) is 10.4. The zero-order valence-electron chi connectivity index (χ0n) is 18.6. The van der Waals surface area contributed by atoms with E-state index in [2.05, 4.69) is 20.9 Å². The Morgan fingerprint density at radius 3 is 2.78 bits per heavy atom. The first-order valence-corrected chi connectivity index (χ1v) is 13.0. The van der Waals surface area contributed by atoms with Crippen LogP contribution in [0.1, 0.15) is 69.8 Å². The lowest BCUT2D eigenvalue weighted by Crippen LogP contribution is -2.30. The number of aromatic nitrogens is 2. The first-order valence-electron chi connectivity index (χ1n) is 11.2. The number of thiophene rings is 1. The van der Waals surface area contributed by atoms with E-state index in [0.29, 0.717) is 35.3 Å². The third kappa shape index (κ3) is 5.13. The number of hydrogen-bond donors (Lipinski definition) is 1. The summed E-state index contributed by atoms with van der Waals surface area (Å²) < 4.78 is 7.21. The molecule has 0 unspecified atom stereocenters. The van der Waals surface area contributed by atoms with Crippen molar-refractivity contribution in [3.05, 3.63) is 50.1 Å². The Labute approximate surface area is 196 Å². The van der Waals surface area contributed by atoms with Crippen LogP contribution in [0.5, 0.6) is 0 Å². The van der Waals surface area contributed by atoms with E-state index in [1.807, 2.05) is 29.8 Å². The predicted molar refractivity (Wildman–Crippen MR) is 129 cm³/mol. The summed E-state index contributed by atoms with van der Waals surface area (Å²) in [5.41, 5.74) is 3.09. The van der Waals surface area contributed by atoms with Gasteiger partial charge in [-0.2, -0.15) is 0 Å². The van der Waals surface area contributed by atoms with Gasteiger partial charge in [0.25, 0.3) is 5.91 Å². The van der Waals surface area contributed by atoms with Gasteiger partial charge < -0.3 is 14.6 Å². The van der Waals surface area contributed by atoms with Crippen LogP contribution in [0, 0.1) is 12.8 Å². The van der Waals surface area contributed by atoms with Crippen molar-refractivity contribution in [3.8, 4) is 11.4 Å². The van der Waals surface area contributed by atoms with Crippen LogP contribution in [0.2, 0.25) is 0 Å². The van der Waals surface area contributed by atoms with Gasteiger partial charge in [-0.25, -0.2) is 9.78 Å². The highest BCUT2D eigenvalue weighted by Crippen LogP contribution is 2.30. The third-order valence-electron chi connectivity index (χ3n) is 6.00. The molecule has 0 saturated heterocycles. The van der Waals surface area contributed by atoms with Crippen molar-refractivity contribution in [2.75, 3.05) is 13.2 Å². The summed E-state index contributed by atoms with van der Waals surface area (Å²) in [4.78, 5) is 30.9. The molecule has 4 rings (SSSR count). The average Bonchev–Trinajstić information content (AvgIpc) is 3.55. The second-order valence-electron chi connectivity index (χ2n) is 8.17. The Kier molecular flexibility index (Phi) is 7.42. The summed E-state index contributed by atoms with van der Waals surface area (Å²) in [7, 11) is 0. The number of nitrogens with one attached hydrogen (secondary N) is 1. The van der Waals surface area contributed by atoms with Crippen molar-refractivity contribution >= 4 is 34.6 Å². The van der Waals surface area contributed by atoms with Crippen LogP contribution in [-0.4, -0.2) is 34.6 Å². The van der Waals surface area contributed by atoms with Gasteiger partial charge in [-0.15, -0.1) is 22.7 Å². The van der Waals surface area contributed by atoms with Crippen LogP contribution in [-0.2, 0) is 11.3 Å². The zero-order valence-corrected chi connectivity index (χ0v) is 20.2. The summed E-state index contributed by atoms with van der Waals surface area (Å²) in [5, 5.41) is 7.39. The zero-order chi connectivity index (χ0) is 22.5. The minimum absolute atomic E-state index is 0.0416. The molecule has 0 radical (unpaired) electrons. The minimum atomic E-state index is -0.415. The fraction of sp³-hybridized carbons (Fsp3) is 0.458. The van der Waals surface area contributed by atoms with Crippen molar-refractivity contribution in [3.63, 3.8) is 0 Å². The second-order valence-corrected chi connectivity index (χ2v) is 10.1. The van der Waals surface area contributed by atoms with E-state index in [-0.39, 0.29) is 5.91 Å². The van der Waals surface area contributed by atoms with Crippen LogP contribution < -0.4 is 5.32 Å². The number of amides is 1. The summed E-state index contributed by atoms with van der Waals surface area (Å²) >= 11 is 2.95. The monoisotopic (exact) mass is 471 g/mol. The molecule has 0 spiro atoms. The maximum atomic E-state index is 13.1. The average molecular weight is 472 g/mol. The number of carbonyl (C=O) groups excluding carboxylic acids is 2. The van der Waals surface area contributed by atoms with Gasteiger partial charge in [-0.3, -0.25) is 4.79 Å². The lowest BCUT2D eigenvalue weighted by atomic mass is 9.89. The predicted octanol–water partition coefficient (Wildman–Crippen LogP) is 5.52. The smallest absolute Gasteiger partial charge is 0.367 e. The molecule has 3 aromatic heterocycles. The van der Waals surface area contributed by atoms with Gasteiger partial charge in [0.05, 0.1) is 30.1 Å². The van der Waals surface area contributed by atoms with E-state index < -0.39 is 5.97 Å². The highest BCUT2D eigenvalue weighted by Gasteiger charge is 2.23. The Balaban J connectivity index is 1.61. The van der Waals surface area contributed by atoms with E-state index in [1.165, 1.54) is 48.3 Å². The van der Waals surface area contributed by atoms with E-state index >= 15 is 0 Å². The molecular formula is C24H29N3O3S2. The Morgan fingerprint density at radius 1 is 1.25 bits per heavy atom. The molecule has 1 fully saturated rings. The number of ether oxygens (including phenoxy) is 1. The fourth-order valence-electron chi connectivity index (χ4n) is 4.25. The van der Waals surface area contributed by atoms with Crippen molar-refractivity contribution in [2.45, 2.75) is 52.5 Å². The van der Waals surface area contributed by atoms with Gasteiger partial charge in [0.15, 0.2) is 0 Å². The highest BCUT2D eigenvalue weighted by molar-refractivity contribution is 7.12. The van der Waals surface area contributed by atoms with Gasteiger partial charge in [0, 0.05) is 22.5 Å². The molecule has 1 saturated carbocycles. The fourth-order valence-corrected chi connectivity index (χ4v) is 5.65. The lowest BCUT2D eigenvalue weighted by Gasteiger charge is -2.21. The molecule has 0 aromatic carbocycles. The Hall–Kier alpha value is -2.45. The van der Waals surface area contributed by atoms with E-state index in [4.69, 9.17) is 4.74 Å². The molecule has 3 heterocycles. The summed E-state index contributed by atoms with van der Waals surface area (Å²) in [6.07, 6.45) is 6.21. The van der Waals surface area contributed by atoms with Crippen molar-refractivity contribution < 1.29 is 14.3 Å². The Bertz CT molecular complexity index is 1060. The number of hydrogen-bond acceptors (Lipinski definition) is 6. The first kappa shape index (κ1) is 22.7. The van der Waals surface area contributed by atoms with Gasteiger partial charge >= 0.3 is 5.97 Å². The molecule has 1 aliphatic carbocycles. The number of rotatable bonds is 8. The molecule has 6 nitrogen and oxygen atoms in total. The van der Waals surface area contributed by atoms with E-state index in [0.717, 1.165) is 17.9 Å². The van der Waals surface area contributed by atoms with E-state index in [1.54, 1.807) is 18.3 Å². The molecule has 0 aliphatic heterocycles. The summed E-state index contributed by atoms with van der Waals surface area (Å²) in [5.74, 6) is 0.119. The van der Waals surface area contributed by atoms with Crippen molar-refractivity contribution in [2.24, 2.45) is 5.92 Å². The standard InChI is InChI=1S/C24H29N3O3S2/c1-3-30-24(29)23-26-20(15-32-23)21-12-19(16(2)27(21)14-18-10-7-11-31-18)22(28)25-13-17-8-5-4-6-9-17/h7,10-12,15,17H,3-6,8-9,13-14H2,1-2H3,(H,25,28). The molecule has 1 N–H and O–H groups in total. The molecule has 0 bridgehead atoms. The molecule has 8 heteroatoms. The molecule has 1 aliphatic rings. The number of nitrogens with zero attached hydrogens (tertiary/aromatic N) is 2. The van der Waals surface area contributed by atoms with Crippen molar-refractivity contribution in [1.29, 1.82) is 0 Å². The van der Waals surface area contributed by atoms with Crippen molar-refractivity contribution in [1.82, 2.24) is 14.9 Å². The van der Waals surface area contributed by atoms with Gasteiger partial charge in [0.1, 0.15) is 0 Å². The highest BCUT2D eigenvalue weighted by atomic mass is 32.1. The molecule has 0 atom stereocenters. The summed E-state index contributed by atoms with van der Waals surface area (Å²) in [6.45, 7) is 5.45. The van der Waals surface area contributed by atoms with Crippen LogP contribution in [0.4, 0.5) is 0 Å². The van der Waals surface area contributed by atoms with Gasteiger partial charge in [0.2, 0.25) is 5.01 Å².